The number of carbonyl (C=O) groups is 2. The molecule has 1 aromatic carbocycles. The van der Waals surface area contributed by atoms with E-state index in [0.29, 0.717) is 18.5 Å². The molecule has 2 fully saturated rings. The number of hydrogen-bond donors (Lipinski definition) is 1. The molecule has 2 aliphatic rings. The van der Waals surface area contributed by atoms with Crippen LogP contribution in [0.1, 0.15) is 57.9 Å². The molecule has 0 aliphatic carbocycles. The number of nitrogens with zero attached hydrogens (tertiary/aromatic N) is 2. The molecule has 2 aliphatic heterocycles. The minimum Gasteiger partial charge on any atom is -0.352 e. The highest BCUT2D eigenvalue weighted by Crippen LogP contribution is 2.25. The van der Waals surface area contributed by atoms with E-state index in [-0.39, 0.29) is 17.7 Å². The summed E-state index contributed by atoms with van der Waals surface area (Å²) < 4.78 is 0. The molecule has 2 heterocycles. The van der Waals surface area contributed by atoms with Crippen molar-refractivity contribution < 1.29 is 9.59 Å². The molecule has 1 aromatic rings. The van der Waals surface area contributed by atoms with Crippen LogP contribution in [0.15, 0.2) is 30.3 Å². The van der Waals surface area contributed by atoms with Crippen LogP contribution in [0, 0.1) is 11.8 Å². The van der Waals surface area contributed by atoms with Crippen molar-refractivity contribution in [3.05, 3.63) is 35.9 Å². The molecule has 1 N–H and O–H groups in total. The lowest BCUT2D eigenvalue weighted by molar-refractivity contribution is -0.137. The molecule has 0 saturated carbocycles. The molecule has 3 rings (SSSR count). The molecule has 0 radical (unpaired) electrons. The smallest absolute Gasteiger partial charge is 0.225 e. The summed E-state index contributed by atoms with van der Waals surface area (Å²) in [6.07, 6.45) is 5.98. The fourth-order valence-corrected chi connectivity index (χ4v) is 4.83. The van der Waals surface area contributed by atoms with Crippen LogP contribution in [0.2, 0.25) is 0 Å². The van der Waals surface area contributed by atoms with Crippen LogP contribution in [-0.4, -0.2) is 53.8 Å². The van der Waals surface area contributed by atoms with Crippen molar-refractivity contribution in [1.82, 2.24) is 15.1 Å². The van der Waals surface area contributed by atoms with Gasteiger partial charge in [-0.3, -0.25) is 14.5 Å². The number of carbonyl (C=O) groups excluding carboxylic acids is 2. The Bertz CT molecular complexity index is 651. The molecule has 0 aromatic heterocycles. The summed E-state index contributed by atoms with van der Waals surface area (Å²) in [5.74, 6) is 0.779. The van der Waals surface area contributed by atoms with Crippen LogP contribution in [0.5, 0.6) is 0 Å². The quantitative estimate of drug-likeness (QED) is 0.764. The number of benzene rings is 1. The van der Waals surface area contributed by atoms with Gasteiger partial charge in [0, 0.05) is 38.1 Å². The zero-order chi connectivity index (χ0) is 20.6. The number of rotatable bonds is 7. The predicted octanol–water partition coefficient (Wildman–Crippen LogP) is 3.44. The van der Waals surface area contributed by atoms with E-state index in [2.05, 4.69) is 29.0 Å². The van der Waals surface area contributed by atoms with Crippen molar-refractivity contribution in [1.29, 1.82) is 0 Å². The number of piperidine rings is 2. The average molecular weight is 400 g/mol. The van der Waals surface area contributed by atoms with E-state index >= 15 is 0 Å². The summed E-state index contributed by atoms with van der Waals surface area (Å²) >= 11 is 0. The van der Waals surface area contributed by atoms with Crippen LogP contribution in [0.25, 0.3) is 0 Å². The first kappa shape index (κ1) is 21.8. The zero-order valence-corrected chi connectivity index (χ0v) is 18.1. The van der Waals surface area contributed by atoms with Gasteiger partial charge in [0.2, 0.25) is 11.8 Å². The molecule has 1 unspecified atom stereocenters. The van der Waals surface area contributed by atoms with Gasteiger partial charge in [-0.15, -0.1) is 0 Å². The van der Waals surface area contributed by atoms with E-state index < -0.39 is 0 Å². The third-order valence-electron chi connectivity index (χ3n) is 6.76. The summed E-state index contributed by atoms with van der Waals surface area (Å²) in [4.78, 5) is 29.9. The monoisotopic (exact) mass is 399 g/mol. The third-order valence-corrected chi connectivity index (χ3v) is 6.76. The van der Waals surface area contributed by atoms with Crippen molar-refractivity contribution >= 4 is 11.8 Å². The second-order valence-electron chi connectivity index (χ2n) is 8.61. The van der Waals surface area contributed by atoms with Crippen LogP contribution < -0.4 is 5.32 Å². The van der Waals surface area contributed by atoms with Gasteiger partial charge < -0.3 is 10.2 Å². The molecule has 2 amide bonds. The van der Waals surface area contributed by atoms with E-state index in [1.807, 2.05) is 30.3 Å². The second-order valence-corrected chi connectivity index (χ2v) is 8.61. The Hall–Kier alpha value is -1.88. The van der Waals surface area contributed by atoms with Gasteiger partial charge in [0.1, 0.15) is 0 Å². The summed E-state index contributed by atoms with van der Waals surface area (Å²) in [5.41, 5.74) is 1.14. The first-order valence-electron chi connectivity index (χ1n) is 11.5. The summed E-state index contributed by atoms with van der Waals surface area (Å²) in [7, 11) is 0. The topological polar surface area (TPSA) is 52.7 Å². The first-order valence-corrected chi connectivity index (χ1v) is 11.5. The van der Waals surface area contributed by atoms with Gasteiger partial charge in [0.25, 0.3) is 0 Å². The molecule has 2 saturated heterocycles. The Kier molecular flexibility index (Phi) is 8.10. The highest BCUT2D eigenvalue weighted by atomic mass is 16.2. The Morgan fingerprint density at radius 1 is 1.03 bits per heavy atom. The van der Waals surface area contributed by atoms with Crippen molar-refractivity contribution in [3.63, 3.8) is 0 Å². The van der Waals surface area contributed by atoms with Crippen LogP contribution in [0.3, 0.4) is 0 Å². The maximum absolute atomic E-state index is 12.7. The lowest BCUT2D eigenvalue weighted by atomic mass is 9.92. The van der Waals surface area contributed by atoms with Crippen molar-refractivity contribution in [3.8, 4) is 0 Å². The van der Waals surface area contributed by atoms with Crippen LogP contribution >= 0.6 is 0 Å². The number of nitrogens with one attached hydrogen (secondary N) is 1. The third kappa shape index (κ3) is 5.81. The summed E-state index contributed by atoms with van der Waals surface area (Å²) in [6, 6.07) is 10.6. The maximum atomic E-state index is 12.7. The molecule has 5 nitrogen and oxygen atoms in total. The molecule has 0 spiro atoms. The molecule has 160 valence electrons. The van der Waals surface area contributed by atoms with Crippen molar-refractivity contribution in [2.24, 2.45) is 11.8 Å². The van der Waals surface area contributed by atoms with Gasteiger partial charge in [-0.25, -0.2) is 0 Å². The Labute approximate surface area is 175 Å². The molecular formula is C24H37N3O2. The fourth-order valence-electron chi connectivity index (χ4n) is 4.83. The van der Waals surface area contributed by atoms with Crippen LogP contribution in [0.4, 0.5) is 0 Å². The molecular weight excluding hydrogens is 362 g/mol. The van der Waals surface area contributed by atoms with Gasteiger partial charge in [-0.1, -0.05) is 44.2 Å². The highest BCUT2D eigenvalue weighted by molar-refractivity contribution is 5.79. The molecule has 0 bridgehead atoms. The van der Waals surface area contributed by atoms with E-state index in [4.69, 9.17) is 0 Å². The lowest BCUT2D eigenvalue weighted by Crippen LogP contribution is -2.52. The SMILES string of the molecule is CCC(CC)C(=O)N1CCC(N2CCCC(C(=O)NCc3ccccc3)C2)CC1. The Balaban J connectivity index is 1.46. The predicted molar refractivity (Wildman–Crippen MR) is 116 cm³/mol. The van der Waals surface area contributed by atoms with E-state index in [0.717, 1.165) is 70.3 Å². The molecule has 29 heavy (non-hydrogen) atoms. The van der Waals surface area contributed by atoms with Crippen molar-refractivity contribution in [2.75, 3.05) is 26.2 Å². The number of hydrogen-bond acceptors (Lipinski definition) is 3. The average Bonchev–Trinajstić information content (AvgIpc) is 2.79. The van der Waals surface area contributed by atoms with E-state index in [9.17, 15) is 9.59 Å². The molecule has 5 heteroatoms. The van der Waals surface area contributed by atoms with Gasteiger partial charge in [-0.05, 0) is 50.6 Å². The van der Waals surface area contributed by atoms with Gasteiger partial charge in [0.05, 0.1) is 5.92 Å². The second kappa shape index (κ2) is 10.8. The van der Waals surface area contributed by atoms with E-state index in [1.165, 1.54) is 0 Å². The fraction of sp³-hybridized carbons (Fsp3) is 0.667. The normalized spacial score (nSPS) is 21.3. The largest absolute Gasteiger partial charge is 0.352 e. The maximum Gasteiger partial charge on any atom is 0.225 e. The minimum atomic E-state index is 0.0803. The van der Waals surface area contributed by atoms with Crippen molar-refractivity contribution in [2.45, 2.75) is 65.0 Å². The van der Waals surface area contributed by atoms with E-state index in [1.54, 1.807) is 0 Å². The Morgan fingerprint density at radius 3 is 2.38 bits per heavy atom. The van der Waals surface area contributed by atoms with Gasteiger partial charge in [-0.2, -0.15) is 0 Å². The lowest BCUT2D eigenvalue weighted by Gasteiger charge is -2.42. The number of amides is 2. The summed E-state index contributed by atoms with van der Waals surface area (Å²) in [6.45, 7) is 8.47. The zero-order valence-electron chi connectivity index (χ0n) is 18.1. The Morgan fingerprint density at radius 2 is 1.72 bits per heavy atom. The highest BCUT2D eigenvalue weighted by Gasteiger charge is 2.33. The number of likely N-dealkylation sites (tertiary alicyclic amines) is 2. The first-order chi connectivity index (χ1) is 14.1. The molecule has 1 atom stereocenters. The minimum absolute atomic E-state index is 0.0803. The summed E-state index contributed by atoms with van der Waals surface area (Å²) in [5, 5.41) is 3.12. The van der Waals surface area contributed by atoms with Gasteiger partial charge >= 0.3 is 0 Å². The van der Waals surface area contributed by atoms with Gasteiger partial charge in [0.15, 0.2) is 0 Å². The standard InChI is InChI=1S/C24H37N3O2/c1-3-20(4-2)24(29)26-15-12-22(13-16-26)27-14-8-11-21(18-27)23(28)25-17-19-9-6-5-7-10-19/h5-7,9-10,20-22H,3-4,8,11-18H2,1-2H3,(H,25,28). The van der Waals surface area contributed by atoms with Crippen LogP contribution in [-0.2, 0) is 16.1 Å².